The zero-order valence-corrected chi connectivity index (χ0v) is 30.7. The van der Waals surface area contributed by atoms with E-state index in [2.05, 4.69) is 37.7 Å². The molecule has 1 aliphatic carbocycles. The maximum absolute atomic E-state index is 14.4. The summed E-state index contributed by atoms with van der Waals surface area (Å²) in [4.78, 5) is 21.1. The van der Waals surface area contributed by atoms with Crippen LogP contribution in [-0.4, -0.2) is 47.6 Å². The molecule has 2 aromatic heterocycles. The first-order valence-corrected chi connectivity index (χ1v) is 19.0. The molecule has 0 atom stereocenters. The Morgan fingerprint density at radius 3 is 2.00 bits per heavy atom. The highest BCUT2D eigenvalue weighted by Gasteiger charge is 2.43. The van der Waals surface area contributed by atoms with E-state index in [-0.39, 0.29) is 11.9 Å². The Hall–Kier alpha value is -5.85. The first-order valence-electron chi connectivity index (χ1n) is 19.0. The maximum Gasteiger partial charge on any atom is 0.451 e. The van der Waals surface area contributed by atoms with Crippen LogP contribution < -0.4 is 15.5 Å². The molecule has 2 aromatic carbocycles. The van der Waals surface area contributed by atoms with Crippen LogP contribution in [0.25, 0.3) is 5.70 Å². The van der Waals surface area contributed by atoms with Crippen molar-refractivity contribution in [2.75, 3.05) is 28.6 Å². The van der Waals surface area contributed by atoms with Crippen molar-refractivity contribution in [3.63, 3.8) is 0 Å². The van der Waals surface area contributed by atoms with Crippen molar-refractivity contribution in [1.82, 2.24) is 4.90 Å². The van der Waals surface area contributed by atoms with E-state index in [1.165, 1.54) is 36.1 Å². The second-order valence-corrected chi connectivity index (χ2v) is 14.7. The minimum Gasteiger partial charge on any atom is -0.446 e. The highest BCUT2D eigenvalue weighted by atomic mass is 19.4. The zero-order chi connectivity index (χ0) is 37.7. The fourth-order valence-electron chi connectivity index (χ4n) is 7.97. The summed E-state index contributed by atoms with van der Waals surface area (Å²) in [6.07, 6.45) is 8.11. The van der Waals surface area contributed by atoms with Gasteiger partial charge < -0.3 is 24.4 Å². The van der Waals surface area contributed by atoms with Crippen LogP contribution in [0.2, 0.25) is 0 Å². The first kappa shape index (κ1) is 34.9. The smallest absolute Gasteiger partial charge is 0.446 e. The van der Waals surface area contributed by atoms with Gasteiger partial charge in [0.25, 0.3) is 0 Å². The molecule has 0 radical (unpaired) electrons. The normalized spacial score (nSPS) is 18.8. The quantitative estimate of drug-likeness (QED) is 0.186. The van der Waals surface area contributed by atoms with Gasteiger partial charge in [-0.2, -0.15) is 23.2 Å². The molecular formula is C42H41F3N8O2. The lowest BCUT2D eigenvalue weighted by Crippen LogP contribution is -2.44. The van der Waals surface area contributed by atoms with Crippen LogP contribution >= 0.6 is 0 Å². The number of hydrogen-bond acceptors (Lipinski definition) is 10. The standard InChI is InChI=1S/C42H41F3N8O2/c1-25-11-17-37(54-25)46-33-21-28(27-9-5-3-6-10-27)13-15-31(33)35-23-30-24-36(49-41-51-39(42(43,44)45)50-40(48-35)53(30)41)32-16-14-29(52-19-7-4-8-20-52)22-34(32)47-38-18-12-26(2)55-38/h11-18,21-24,27,46-47H,3-10,19-20H2,1-2H3. The monoisotopic (exact) mass is 746 g/mol. The number of rotatable bonds is 8. The summed E-state index contributed by atoms with van der Waals surface area (Å²) in [5, 5.41) is 6.85. The van der Waals surface area contributed by atoms with Crippen LogP contribution in [0.5, 0.6) is 0 Å². The van der Waals surface area contributed by atoms with Gasteiger partial charge >= 0.3 is 6.18 Å². The highest BCUT2D eigenvalue weighted by molar-refractivity contribution is 6.25. The molecule has 10 nitrogen and oxygen atoms in total. The number of amidine groups is 1. The fourth-order valence-corrected chi connectivity index (χ4v) is 7.97. The molecule has 0 spiro atoms. The molecule has 4 aliphatic heterocycles. The number of allylic oxidation sites excluding steroid dienone is 2. The van der Waals surface area contributed by atoms with E-state index in [4.69, 9.17) is 18.8 Å². The molecule has 0 amide bonds. The van der Waals surface area contributed by atoms with Crippen LogP contribution in [0.4, 0.5) is 42.0 Å². The van der Waals surface area contributed by atoms with Gasteiger partial charge in [-0.25, -0.2) is 14.9 Å². The van der Waals surface area contributed by atoms with E-state index in [0.717, 1.165) is 61.7 Å². The number of nitrogens with zero attached hydrogens (tertiary/aromatic N) is 6. The third-order valence-corrected chi connectivity index (χ3v) is 10.7. The van der Waals surface area contributed by atoms with Crippen molar-refractivity contribution in [3.8, 4) is 0 Å². The molecule has 5 aliphatic rings. The van der Waals surface area contributed by atoms with Gasteiger partial charge in [-0.1, -0.05) is 31.4 Å². The largest absolute Gasteiger partial charge is 0.451 e. The zero-order valence-electron chi connectivity index (χ0n) is 30.7. The Bertz CT molecular complexity index is 2220. The number of benzene rings is 2. The Kier molecular flexibility index (Phi) is 8.94. The lowest BCUT2D eigenvalue weighted by Gasteiger charge is -2.33. The Balaban J connectivity index is 1.17. The summed E-state index contributed by atoms with van der Waals surface area (Å²) in [5.41, 5.74) is 6.46. The summed E-state index contributed by atoms with van der Waals surface area (Å²) < 4.78 is 55.0. The summed E-state index contributed by atoms with van der Waals surface area (Å²) >= 11 is 0. The molecule has 2 N–H and O–H groups in total. The molecule has 1 saturated carbocycles. The average Bonchev–Trinajstić information content (AvgIpc) is 3.80. The number of halogens is 3. The average molecular weight is 747 g/mol. The Morgan fingerprint density at radius 1 is 0.673 bits per heavy atom. The van der Waals surface area contributed by atoms with Gasteiger partial charge in [-0.05, 0) is 106 Å². The van der Waals surface area contributed by atoms with Crippen molar-refractivity contribution in [2.45, 2.75) is 77.3 Å². The van der Waals surface area contributed by atoms with Gasteiger partial charge in [0.1, 0.15) is 11.5 Å². The summed E-state index contributed by atoms with van der Waals surface area (Å²) in [6.45, 7) is 5.64. The first-order chi connectivity index (χ1) is 26.6. The molecule has 282 valence electrons. The van der Waals surface area contributed by atoms with Gasteiger partial charge in [0.15, 0.2) is 11.8 Å². The number of hydrogen-bond donors (Lipinski definition) is 2. The molecule has 13 heteroatoms. The number of aliphatic imine (C=N–C) groups is 4. The molecule has 4 aromatic rings. The van der Waals surface area contributed by atoms with Crippen molar-refractivity contribution >= 4 is 58.0 Å². The number of nitrogens with one attached hydrogen (secondary N) is 2. The number of aryl methyl sites for hydroxylation is 2. The Morgan fingerprint density at radius 2 is 1.33 bits per heavy atom. The van der Waals surface area contributed by atoms with E-state index in [1.807, 2.05) is 74.5 Å². The second kappa shape index (κ2) is 14.1. The number of guanidine groups is 2. The van der Waals surface area contributed by atoms with E-state index >= 15 is 0 Å². The lowest BCUT2D eigenvalue weighted by molar-refractivity contribution is -0.0597. The van der Waals surface area contributed by atoms with Gasteiger partial charge in [0, 0.05) is 42.0 Å². The number of furan rings is 2. The van der Waals surface area contributed by atoms with Crippen LogP contribution in [0.15, 0.2) is 107 Å². The summed E-state index contributed by atoms with van der Waals surface area (Å²) in [6, 6.07) is 19.7. The molecule has 9 rings (SSSR count). The van der Waals surface area contributed by atoms with Crippen LogP contribution in [0.3, 0.4) is 0 Å². The van der Waals surface area contributed by atoms with E-state index in [9.17, 15) is 13.2 Å². The van der Waals surface area contributed by atoms with Crippen molar-refractivity contribution < 1.29 is 22.0 Å². The predicted octanol–water partition coefficient (Wildman–Crippen LogP) is 10.7. The molecule has 0 unspecified atom stereocenters. The van der Waals surface area contributed by atoms with Crippen molar-refractivity contribution in [2.24, 2.45) is 20.0 Å². The topological polar surface area (TPSA) is 106 Å². The lowest BCUT2D eigenvalue weighted by atomic mass is 9.83. The number of anilines is 5. The van der Waals surface area contributed by atoms with E-state index in [1.54, 1.807) is 0 Å². The third-order valence-electron chi connectivity index (χ3n) is 10.7. The minimum absolute atomic E-state index is 0.162. The molecular weight excluding hydrogens is 706 g/mol. The molecule has 0 bridgehead atoms. The summed E-state index contributed by atoms with van der Waals surface area (Å²) in [7, 11) is 0. The third kappa shape index (κ3) is 7.10. The number of piperidine rings is 1. The number of alkyl halides is 3. The molecule has 2 fully saturated rings. The minimum atomic E-state index is -4.83. The van der Waals surface area contributed by atoms with Crippen LogP contribution in [-0.2, 0) is 0 Å². The van der Waals surface area contributed by atoms with Crippen molar-refractivity contribution in [3.05, 3.63) is 107 Å². The van der Waals surface area contributed by atoms with E-state index in [0.29, 0.717) is 51.6 Å². The highest BCUT2D eigenvalue weighted by Crippen LogP contribution is 2.40. The summed E-state index contributed by atoms with van der Waals surface area (Å²) in [5.74, 6) is 1.38. The van der Waals surface area contributed by atoms with Gasteiger partial charge in [-0.3, -0.25) is 0 Å². The van der Waals surface area contributed by atoms with Crippen LogP contribution in [0.1, 0.15) is 85.5 Å². The predicted molar refractivity (Wildman–Crippen MR) is 211 cm³/mol. The molecule has 1 saturated heterocycles. The van der Waals surface area contributed by atoms with Gasteiger partial charge in [0.05, 0.1) is 28.5 Å². The second-order valence-electron chi connectivity index (χ2n) is 14.7. The van der Waals surface area contributed by atoms with Gasteiger partial charge in [-0.15, -0.1) is 0 Å². The molecule has 6 heterocycles. The Labute approximate surface area is 317 Å². The van der Waals surface area contributed by atoms with Crippen LogP contribution in [0, 0.1) is 13.8 Å². The van der Waals surface area contributed by atoms with Gasteiger partial charge in [0.2, 0.25) is 17.8 Å². The fraction of sp³-hybridized carbons (Fsp3) is 0.333. The van der Waals surface area contributed by atoms with E-state index < -0.39 is 12.0 Å². The van der Waals surface area contributed by atoms with Crippen molar-refractivity contribution in [1.29, 1.82) is 0 Å². The maximum atomic E-state index is 14.4. The molecule has 55 heavy (non-hydrogen) atoms. The SMILES string of the molecule is Cc1ccc(Nc2cc(N3CCCCC3)ccc2C2=CC3=CC(c4ccc(C5CCCCC5)cc4Nc4ccc(C)o4)=NC4=NC(C(F)(F)F)=NC(=N2)N34)o1.